The number of carbonyl (C=O) groups is 1. The second-order valence-electron chi connectivity index (χ2n) is 5.90. The van der Waals surface area contributed by atoms with Gasteiger partial charge in [0.2, 0.25) is 5.89 Å². The SMILES string of the molecule is Cc1oc(-c2ccccc2)nc1C(=O)NCCC1=CCCCC1. The third-order valence-corrected chi connectivity index (χ3v) is 4.15. The molecule has 0 bridgehead atoms. The molecule has 1 aliphatic carbocycles. The number of hydrogen-bond donors (Lipinski definition) is 1. The van der Waals surface area contributed by atoms with Crippen molar-refractivity contribution in [1.82, 2.24) is 10.3 Å². The third kappa shape index (κ3) is 3.89. The second kappa shape index (κ2) is 7.27. The maximum Gasteiger partial charge on any atom is 0.273 e. The highest BCUT2D eigenvalue weighted by molar-refractivity contribution is 5.93. The van der Waals surface area contributed by atoms with Crippen LogP contribution in [0.3, 0.4) is 0 Å². The molecule has 1 aromatic heterocycles. The first-order chi connectivity index (χ1) is 11.2. The average molecular weight is 310 g/mol. The number of amides is 1. The van der Waals surface area contributed by atoms with Crippen LogP contribution in [0.1, 0.15) is 48.4 Å². The summed E-state index contributed by atoms with van der Waals surface area (Å²) in [5.41, 5.74) is 2.71. The maximum atomic E-state index is 12.3. The van der Waals surface area contributed by atoms with E-state index < -0.39 is 0 Å². The number of allylic oxidation sites excluding steroid dienone is 1. The number of carbonyl (C=O) groups excluding carboxylic acids is 1. The molecule has 1 aliphatic rings. The first-order valence-electron chi connectivity index (χ1n) is 8.23. The van der Waals surface area contributed by atoms with Gasteiger partial charge in [-0.1, -0.05) is 29.8 Å². The molecule has 2 aromatic rings. The lowest BCUT2D eigenvalue weighted by Crippen LogP contribution is -2.25. The van der Waals surface area contributed by atoms with Gasteiger partial charge in [-0.2, -0.15) is 0 Å². The van der Waals surface area contributed by atoms with Crippen LogP contribution >= 0.6 is 0 Å². The van der Waals surface area contributed by atoms with Crippen molar-refractivity contribution in [3.63, 3.8) is 0 Å². The van der Waals surface area contributed by atoms with Crippen LogP contribution in [0.15, 0.2) is 46.4 Å². The van der Waals surface area contributed by atoms with Crippen LogP contribution in [-0.2, 0) is 0 Å². The van der Waals surface area contributed by atoms with Crippen LogP contribution in [0, 0.1) is 6.92 Å². The van der Waals surface area contributed by atoms with Crippen molar-refractivity contribution in [2.24, 2.45) is 0 Å². The van der Waals surface area contributed by atoms with E-state index >= 15 is 0 Å². The summed E-state index contributed by atoms with van der Waals surface area (Å²) in [6.07, 6.45) is 8.13. The van der Waals surface area contributed by atoms with Crippen molar-refractivity contribution < 1.29 is 9.21 Å². The largest absolute Gasteiger partial charge is 0.441 e. The zero-order valence-electron chi connectivity index (χ0n) is 13.5. The summed E-state index contributed by atoms with van der Waals surface area (Å²) < 4.78 is 5.63. The van der Waals surface area contributed by atoms with E-state index in [-0.39, 0.29) is 5.91 Å². The van der Waals surface area contributed by atoms with Gasteiger partial charge < -0.3 is 9.73 Å². The molecule has 1 amide bonds. The molecule has 4 heteroatoms. The van der Waals surface area contributed by atoms with Crippen molar-refractivity contribution in [3.05, 3.63) is 53.4 Å². The lowest BCUT2D eigenvalue weighted by molar-refractivity contribution is 0.0948. The summed E-state index contributed by atoms with van der Waals surface area (Å²) in [6, 6.07) is 9.62. The van der Waals surface area contributed by atoms with Crippen molar-refractivity contribution >= 4 is 5.91 Å². The van der Waals surface area contributed by atoms with Crippen LogP contribution in [0.5, 0.6) is 0 Å². The molecule has 1 aromatic carbocycles. The van der Waals surface area contributed by atoms with Crippen LogP contribution in [0.25, 0.3) is 11.5 Å². The molecule has 0 unspecified atom stereocenters. The molecule has 1 heterocycles. The molecular weight excluding hydrogens is 288 g/mol. The highest BCUT2D eigenvalue weighted by Gasteiger charge is 2.17. The minimum absolute atomic E-state index is 0.162. The van der Waals surface area contributed by atoms with Crippen molar-refractivity contribution in [2.75, 3.05) is 6.54 Å². The fourth-order valence-corrected chi connectivity index (χ4v) is 2.86. The molecule has 0 aliphatic heterocycles. The molecule has 0 saturated carbocycles. The predicted molar refractivity (Wildman–Crippen MR) is 90.2 cm³/mol. The number of aromatic nitrogens is 1. The standard InChI is InChI=1S/C19H22N2O2/c1-14-17(21-19(23-14)16-10-6-3-7-11-16)18(22)20-13-12-15-8-4-2-5-9-15/h3,6-8,10-11H,2,4-5,9,12-13H2,1H3,(H,20,22). The molecule has 23 heavy (non-hydrogen) atoms. The molecule has 4 nitrogen and oxygen atoms in total. The Morgan fingerprint density at radius 1 is 1.26 bits per heavy atom. The van der Waals surface area contributed by atoms with Gasteiger partial charge in [0.15, 0.2) is 5.69 Å². The van der Waals surface area contributed by atoms with E-state index in [9.17, 15) is 4.79 Å². The molecule has 0 fully saturated rings. The smallest absolute Gasteiger partial charge is 0.273 e. The summed E-state index contributed by atoms with van der Waals surface area (Å²) in [5.74, 6) is 0.881. The topological polar surface area (TPSA) is 55.1 Å². The minimum Gasteiger partial charge on any atom is -0.441 e. The predicted octanol–water partition coefficient (Wildman–Crippen LogP) is 4.27. The lowest BCUT2D eigenvalue weighted by Gasteiger charge is -2.12. The van der Waals surface area contributed by atoms with Crippen molar-refractivity contribution in [2.45, 2.75) is 39.0 Å². The van der Waals surface area contributed by atoms with Crippen molar-refractivity contribution in [1.29, 1.82) is 0 Å². The molecule has 1 N–H and O–H groups in total. The minimum atomic E-state index is -0.162. The quantitative estimate of drug-likeness (QED) is 0.839. The number of benzene rings is 1. The van der Waals surface area contributed by atoms with E-state index in [0.29, 0.717) is 23.9 Å². The molecular formula is C19H22N2O2. The average Bonchev–Trinajstić information content (AvgIpc) is 2.98. The van der Waals surface area contributed by atoms with E-state index in [1.54, 1.807) is 6.92 Å². The Morgan fingerprint density at radius 3 is 2.83 bits per heavy atom. The van der Waals surface area contributed by atoms with Crippen LogP contribution < -0.4 is 5.32 Å². The van der Waals surface area contributed by atoms with Gasteiger partial charge in [0.1, 0.15) is 5.76 Å². The van der Waals surface area contributed by atoms with Crippen LogP contribution in [-0.4, -0.2) is 17.4 Å². The molecule has 0 atom stereocenters. The Bertz CT molecular complexity index is 701. The summed E-state index contributed by atoms with van der Waals surface area (Å²) in [4.78, 5) is 16.7. The molecule has 0 radical (unpaired) electrons. The summed E-state index contributed by atoms with van der Waals surface area (Å²) in [6.45, 7) is 2.43. The van der Waals surface area contributed by atoms with E-state index in [1.165, 1.54) is 24.8 Å². The fourth-order valence-electron chi connectivity index (χ4n) is 2.86. The summed E-state index contributed by atoms with van der Waals surface area (Å²) in [5, 5.41) is 2.95. The Balaban J connectivity index is 1.61. The zero-order chi connectivity index (χ0) is 16.1. The second-order valence-corrected chi connectivity index (χ2v) is 5.90. The number of hydrogen-bond acceptors (Lipinski definition) is 3. The Labute approximate surface area is 136 Å². The van der Waals surface area contributed by atoms with E-state index in [2.05, 4.69) is 16.4 Å². The first kappa shape index (κ1) is 15.5. The molecule has 120 valence electrons. The number of nitrogens with one attached hydrogen (secondary N) is 1. The zero-order valence-corrected chi connectivity index (χ0v) is 13.5. The number of rotatable bonds is 5. The van der Waals surface area contributed by atoms with E-state index in [0.717, 1.165) is 18.4 Å². The van der Waals surface area contributed by atoms with E-state index in [1.807, 2.05) is 30.3 Å². The fraction of sp³-hybridized carbons (Fsp3) is 0.368. The maximum absolute atomic E-state index is 12.3. The number of nitrogens with zero attached hydrogens (tertiary/aromatic N) is 1. The number of oxazole rings is 1. The lowest BCUT2D eigenvalue weighted by atomic mass is 9.97. The monoisotopic (exact) mass is 310 g/mol. The molecule has 3 rings (SSSR count). The van der Waals surface area contributed by atoms with Crippen molar-refractivity contribution in [3.8, 4) is 11.5 Å². The summed E-state index contributed by atoms with van der Waals surface area (Å²) >= 11 is 0. The van der Waals surface area contributed by atoms with Gasteiger partial charge in [0.25, 0.3) is 5.91 Å². The Kier molecular flexibility index (Phi) is 4.91. The summed E-state index contributed by atoms with van der Waals surface area (Å²) in [7, 11) is 0. The molecule has 0 saturated heterocycles. The van der Waals surface area contributed by atoms with Gasteiger partial charge in [-0.3, -0.25) is 4.79 Å². The normalized spacial score (nSPS) is 14.4. The van der Waals surface area contributed by atoms with Gasteiger partial charge >= 0.3 is 0 Å². The third-order valence-electron chi connectivity index (χ3n) is 4.15. The highest BCUT2D eigenvalue weighted by Crippen LogP contribution is 2.22. The van der Waals surface area contributed by atoms with Gasteiger partial charge in [0, 0.05) is 12.1 Å². The highest BCUT2D eigenvalue weighted by atomic mass is 16.4. The van der Waals surface area contributed by atoms with Gasteiger partial charge in [-0.25, -0.2) is 4.98 Å². The van der Waals surface area contributed by atoms with Gasteiger partial charge in [0.05, 0.1) is 0 Å². The van der Waals surface area contributed by atoms with Gasteiger partial charge in [-0.05, 0) is 51.2 Å². The Hall–Kier alpha value is -2.36. The first-order valence-corrected chi connectivity index (χ1v) is 8.23. The number of aryl methyl sites for hydroxylation is 1. The van der Waals surface area contributed by atoms with E-state index in [4.69, 9.17) is 4.42 Å². The Morgan fingerprint density at radius 2 is 2.09 bits per heavy atom. The van der Waals surface area contributed by atoms with Gasteiger partial charge in [-0.15, -0.1) is 0 Å². The van der Waals surface area contributed by atoms with Crippen LogP contribution in [0.4, 0.5) is 0 Å². The molecule has 0 spiro atoms. The van der Waals surface area contributed by atoms with Crippen LogP contribution in [0.2, 0.25) is 0 Å².